The molecule has 1 fully saturated rings. The molecule has 2 aromatic rings. The molecule has 3 rings (SSSR count). The van der Waals surface area contributed by atoms with Gasteiger partial charge in [0.25, 0.3) is 0 Å². The molecular weight excluding hydrogens is 376 g/mol. The summed E-state index contributed by atoms with van der Waals surface area (Å²) >= 11 is 0. The van der Waals surface area contributed by atoms with E-state index in [1.165, 1.54) is 24.8 Å². The highest BCUT2D eigenvalue weighted by molar-refractivity contribution is 5.99. The smallest absolute Gasteiger partial charge is 0.204 e. The summed E-state index contributed by atoms with van der Waals surface area (Å²) in [6.45, 7) is 11.4. The van der Waals surface area contributed by atoms with Crippen molar-refractivity contribution >= 4 is 11.6 Å². The van der Waals surface area contributed by atoms with Gasteiger partial charge in [0.05, 0.1) is 0 Å². The third-order valence-corrected chi connectivity index (χ3v) is 5.62. The Labute approximate surface area is 179 Å². The second kappa shape index (κ2) is 10.3. The molecular formula is C24H32N4O2. The highest BCUT2D eigenvalue weighted by Crippen LogP contribution is 2.17. The highest BCUT2D eigenvalue weighted by Gasteiger charge is 2.16. The molecule has 2 heterocycles. The quantitative estimate of drug-likeness (QED) is 0.225. The molecule has 1 aliphatic rings. The minimum absolute atomic E-state index is 0.117. The minimum atomic E-state index is -0.146. The molecule has 0 atom stereocenters. The number of carbonyl (C=O) groups is 1. The molecule has 0 amide bonds. The zero-order chi connectivity index (χ0) is 21.5. The lowest BCUT2D eigenvalue weighted by molar-refractivity contribution is 0.0775. The van der Waals surface area contributed by atoms with E-state index in [-0.39, 0.29) is 18.2 Å². The molecule has 160 valence electrons. The number of rotatable bonds is 9. The van der Waals surface area contributed by atoms with E-state index in [2.05, 4.69) is 22.7 Å². The van der Waals surface area contributed by atoms with Crippen LogP contribution in [-0.4, -0.2) is 40.8 Å². The summed E-state index contributed by atoms with van der Waals surface area (Å²) in [6.07, 6.45) is 5.67. The van der Waals surface area contributed by atoms with Crippen molar-refractivity contribution in [1.29, 1.82) is 0 Å². The predicted molar refractivity (Wildman–Crippen MR) is 121 cm³/mol. The Morgan fingerprint density at radius 3 is 2.73 bits per heavy atom. The van der Waals surface area contributed by atoms with Crippen LogP contribution in [0.4, 0.5) is 0 Å². The van der Waals surface area contributed by atoms with Gasteiger partial charge in [-0.2, -0.15) is 0 Å². The summed E-state index contributed by atoms with van der Waals surface area (Å²) < 4.78 is 2.05. The van der Waals surface area contributed by atoms with Crippen molar-refractivity contribution in [1.82, 2.24) is 9.47 Å². The molecule has 0 aliphatic carbocycles. The second-order valence-electron chi connectivity index (χ2n) is 7.89. The fourth-order valence-corrected chi connectivity index (χ4v) is 3.99. The molecule has 6 heteroatoms. The van der Waals surface area contributed by atoms with Gasteiger partial charge in [0.2, 0.25) is 5.78 Å². The van der Waals surface area contributed by atoms with Gasteiger partial charge in [-0.15, -0.1) is 6.58 Å². The van der Waals surface area contributed by atoms with Crippen LogP contribution >= 0.6 is 0 Å². The first-order valence-electron chi connectivity index (χ1n) is 10.6. The summed E-state index contributed by atoms with van der Waals surface area (Å²) in [4.78, 5) is 20.3. The summed E-state index contributed by atoms with van der Waals surface area (Å²) in [7, 11) is 0. The standard InChI is InChI=1S/C24H32N4O2/c1-4-11-28-18(2)14-22(19(28)3)23(29)17-30-26-24(25)21-10-8-9-20(15-21)16-27-12-6-5-7-13-27/h4,8-10,14-15H,1,5-7,11-13,16-17H2,2-3H3,(H2,25,26). The first-order valence-corrected chi connectivity index (χ1v) is 10.6. The van der Waals surface area contributed by atoms with Crippen molar-refractivity contribution in [2.75, 3.05) is 19.7 Å². The molecule has 0 unspecified atom stereocenters. The monoisotopic (exact) mass is 408 g/mol. The number of hydrogen-bond acceptors (Lipinski definition) is 4. The maximum Gasteiger partial charge on any atom is 0.204 e. The molecule has 0 radical (unpaired) electrons. The number of carbonyl (C=O) groups excluding carboxylic acids is 1. The maximum atomic E-state index is 12.5. The minimum Gasteiger partial charge on any atom is -0.386 e. The fourth-order valence-electron chi connectivity index (χ4n) is 3.99. The number of piperidine rings is 1. The molecule has 1 saturated heterocycles. The van der Waals surface area contributed by atoms with Gasteiger partial charge in [-0.3, -0.25) is 9.69 Å². The maximum absolute atomic E-state index is 12.5. The van der Waals surface area contributed by atoms with Gasteiger partial charge >= 0.3 is 0 Å². The molecule has 0 saturated carbocycles. The van der Waals surface area contributed by atoms with Crippen molar-refractivity contribution in [2.45, 2.75) is 46.2 Å². The van der Waals surface area contributed by atoms with Gasteiger partial charge in [0, 0.05) is 35.6 Å². The Bertz CT molecular complexity index is 923. The largest absolute Gasteiger partial charge is 0.386 e. The van der Waals surface area contributed by atoms with Crippen molar-refractivity contribution < 1.29 is 9.63 Å². The lowest BCUT2D eigenvalue weighted by atomic mass is 10.1. The Kier molecular flexibility index (Phi) is 7.46. The molecule has 0 bridgehead atoms. The van der Waals surface area contributed by atoms with Crippen LogP contribution in [0.2, 0.25) is 0 Å². The fraction of sp³-hybridized carbons (Fsp3) is 0.417. The molecule has 2 N–H and O–H groups in total. The number of aromatic nitrogens is 1. The average molecular weight is 409 g/mol. The van der Waals surface area contributed by atoms with Crippen LogP contribution in [0.25, 0.3) is 0 Å². The van der Waals surface area contributed by atoms with Crippen LogP contribution in [0.5, 0.6) is 0 Å². The van der Waals surface area contributed by atoms with E-state index in [1.807, 2.05) is 48.8 Å². The predicted octanol–water partition coefficient (Wildman–Crippen LogP) is 3.80. The van der Waals surface area contributed by atoms with Crippen molar-refractivity contribution in [3.63, 3.8) is 0 Å². The van der Waals surface area contributed by atoms with Crippen LogP contribution in [-0.2, 0) is 17.9 Å². The normalized spacial score (nSPS) is 15.2. The van der Waals surface area contributed by atoms with E-state index in [0.29, 0.717) is 12.1 Å². The summed E-state index contributed by atoms with van der Waals surface area (Å²) in [5.41, 5.74) is 10.7. The summed E-state index contributed by atoms with van der Waals surface area (Å²) in [6, 6.07) is 9.92. The van der Waals surface area contributed by atoms with Crippen LogP contribution in [0.15, 0.2) is 48.1 Å². The third kappa shape index (κ3) is 5.39. The van der Waals surface area contributed by atoms with E-state index in [9.17, 15) is 4.79 Å². The van der Waals surface area contributed by atoms with E-state index >= 15 is 0 Å². The summed E-state index contributed by atoms with van der Waals surface area (Å²) in [5, 5.41) is 3.98. The number of amidine groups is 1. The molecule has 0 spiro atoms. The first kappa shape index (κ1) is 21.8. The van der Waals surface area contributed by atoms with E-state index in [1.54, 1.807) is 0 Å². The zero-order valence-corrected chi connectivity index (χ0v) is 18.1. The molecule has 1 aromatic carbocycles. The molecule has 1 aromatic heterocycles. The van der Waals surface area contributed by atoms with E-state index in [0.717, 1.165) is 36.6 Å². The number of benzene rings is 1. The van der Waals surface area contributed by atoms with E-state index in [4.69, 9.17) is 10.6 Å². The number of allylic oxidation sites excluding steroid dienone is 1. The van der Waals surface area contributed by atoms with Crippen molar-refractivity contribution in [2.24, 2.45) is 10.9 Å². The van der Waals surface area contributed by atoms with Crippen LogP contribution < -0.4 is 5.73 Å². The zero-order valence-electron chi connectivity index (χ0n) is 18.1. The number of likely N-dealkylation sites (tertiary alicyclic amines) is 1. The van der Waals surface area contributed by atoms with Crippen LogP contribution in [0.3, 0.4) is 0 Å². The number of oxime groups is 1. The second-order valence-corrected chi connectivity index (χ2v) is 7.89. The number of aryl methyl sites for hydroxylation is 1. The van der Waals surface area contributed by atoms with Crippen LogP contribution in [0, 0.1) is 13.8 Å². The van der Waals surface area contributed by atoms with Gasteiger partial charge in [-0.1, -0.05) is 35.9 Å². The van der Waals surface area contributed by atoms with Crippen molar-refractivity contribution in [3.05, 3.63) is 71.1 Å². The molecule has 30 heavy (non-hydrogen) atoms. The number of hydrogen-bond donors (Lipinski definition) is 1. The van der Waals surface area contributed by atoms with Crippen molar-refractivity contribution in [3.8, 4) is 0 Å². The van der Waals surface area contributed by atoms with Gasteiger partial charge in [0.15, 0.2) is 12.4 Å². The average Bonchev–Trinajstić information content (AvgIpc) is 3.03. The van der Waals surface area contributed by atoms with Gasteiger partial charge in [-0.05, 0) is 57.5 Å². The lowest BCUT2D eigenvalue weighted by Gasteiger charge is -2.26. The first-order chi connectivity index (χ1) is 14.5. The molecule has 1 aliphatic heterocycles. The number of Topliss-reactive ketones (excluding diaryl/α,β-unsaturated/α-hetero) is 1. The topological polar surface area (TPSA) is 72.8 Å². The number of nitrogens with zero attached hydrogens (tertiary/aromatic N) is 3. The van der Waals surface area contributed by atoms with Crippen LogP contribution in [0.1, 0.15) is 52.1 Å². The lowest BCUT2D eigenvalue weighted by Crippen LogP contribution is -2.29. The van der Waals surface area contributed by atoms with Gasteiger partial charge < -0.3 is 15.1 Å². The Morgan fingerprint density at radius 1 is 1.23 bits per heavy atom. The molecule has 6 nitrogen and oxygen atoms in total. The number of ketones is 1. The third-order valence-electron chi connectivity index (χ3n) is 5.62. The van der Waals surface area contributed by atoms with Gasteiger partial charge in [-0.25, -0.2) is 0 Å². The number of nitrogens with two attached hydrogens (primary N) is 1. The Balaban J connectivity index is 1.60. The Hall–Kier alpha value is -2.86. The SMILES string of the molecule is C=CCn1c(C)cc(C(=O)CO/N=C(/N)c2cccc(CN3CCCCC3)c2)c1C. The Morgan fingerprint density at radius 2 is 2.00 bits per heavy atom. The van der Waals surface area contributed by atoms with Gasteiger partial charge in [0.1, 0.15) is 0 Å². The highest BCUT2D eigenvalue weighted by atomic mass is 16.6. The summed E-state index contributed by atoms with van der Waals surface area (Å²) in [5.74, 6) is 0.161. The van der Waals surface area contributed by atoms with E-state index < -0.39 is 0 Å².